The summed E-state index contributed by atoms with van der Waals surface area (Å²) in [5, 5.41) is 7.10. The summed E-state index contributed by atoms with van der Waals surface area (Å²) in [6.45, 7) is 6.04. The molecular weight excluding hydrogens is 382 g/mol. The normalized spacial score (nSPS) is 10.9. The van der Waals surface area contributed by atoms with Crippen molar-refractivity contribution in [3.63, 3.8) is 0 Å². The van der Waals surface area contributed by atoms with Crippen LogP contribution in [-0.4, -0.2) is 35.0 Å². The van der Waals surface area contributed by atoms with Crippen LogP contribution in [0.15, 0.2) is 53.8 Å². The lowest BCUT2D eigenvalue weighted by atomic mass is 10.2. The van der Waals surface area contributed by atoms with E-state index < -0.39 is 0 Å². The SMILES string of the molecule is CCOc1cc(C=Nn2cc(C)nc2N)ccc1OCC(=O)Nc1ccc(C)cc1. The maximum absolute atomic E-state index is 12.2. The fourth-order valence-electron chi connectivity index (χ4n) is 2.70. The molecule has 0 bridgehead atoms. The maximum atomic E-state index is 12.2. The molecule has 0 fully saturated rings. The number of nitrogens with two attached hydrogens (primary N) is 1. The monoisotopic (exact) mass is 407 g/mol. The smallest absolute Gasteiger partial charge is 0.262 e. The molecule has 8 heteroatoms. The fraction of sp³-hybridized carbons (Fsp3) is 0.227. The molecule has 0 aliphatic rings. The Balaban J connectivity index is 1.66. The van der Waals surface area contributed by atoms with Gasteiger partial charge >= 0.3 is 0 Å². The number of benzene rings is 2. The number of nitrogen functional groups attached to an aromatic ring is 1. The van der Waals surface area contributed by atoms with Crippen molar-refractivity contribution in [1.82, 2.24) is 9.66 Å². The van der Waals surface area contributed by atoms with Crippen molar-refractivity contribution in [3.8, 4) is 11.5 Å². The number of nitrogens with zero attached hydrogens (tertiary/aromatic N) is 3. The Morgan fingerprint density at radius 3 is 2.60 bits per heavy atom. The minimum atomic E-state index is -0.252. The van der Waals surface area contributed by atoms with Gasteiger partial charge in [-0.3, -0.25) is 4.79 Å². The van der Waals surface area contributed by atoms with Crippen LogP contribution in [0.2, 0.25) is 0 Å². The van der Waals surface area contributed by atoms with Gasteiger partial charge in [0.2, 0.25) is 5.95 Å². The second kappa shape index (κ2) is 9.60. The first-order valence-electron chi connectivity index (χ1n) is 9.56. The fourth-order valence-corrected chi connectivity index (χ4v) is 2.70. The summed E-state index contributed by atoms with van der Waals surface area (Å²) in [4.78, 5) is 16.3. The number of imidazole rings is 1. The Labute approximate surface area is 175 Å². The van der Waals surface area contributed by atoms with E-state index in [-0.39, 0.29) is 12.5 Å². The van der Waals surface area contributed by atoms with E-state index in [1.807, 2.05) is 51.1 Å². The van der Waals surface area contributed by atoms with Gasteiger partial charge in [-0.05, 0) is 56.7 Å². The second-order valence-corrected chi connectivity index (χ2v) is 6.67. The number of aryl methyl sites for hydroxylation is 2. The number of amides is 1. The van der Waals surface area contributed by atoms with Crippen molar-refractivity contribution < 1.29 is 14.3 Å². The van der Waals surface area contributed by atoms with Crippen LogP contribution in [0.25, 0.3) is 0 Å². The second-order valence-electron chi connectivity index (χ2n) is 6.67. The molecule has 3 rings (SSSR count). The minimum Gasteiger partial charge on any atom is -0.490 e. The minimum absolute atomic E-state index is 0.133. The molecule has 0 spiro atoms. The zero-order valence-electron chi connectivity index (χ0n) is 17.3. The summed E-state index contributed by atoms with van der Waals surface area (Å²) in [7, 11) is 0. The molecule has 1 aromatic heterocycles. The average Bonchev–Trinajstić information content (AvgIpc) is 3.04. The van der Waals surface area contributed by atoms with E-state index >= 15 is 0 Å². The first-order chi connectivity index (χ1) is 14.4. The molecule has 0 radical (unpaired) electrons. The highest BCUT2D eigenvalue weighted by atomic mass is 16.5. The van der Waals surface area contributed by atoms with Crippen LogP contribution in [0.1, 0.15) is 23.7 Å². The highest BCUT2D eigenvalue weighted by Crippen LogP contribution is 2.28. The molecule has 1 amide bonds. The van der Waals surface area contributed by atoms with E-state index in [1.54, 1.807) is 24.5 Å². The first kappa shape index (κ1) is 20.9. The van der Waals surface area contributed by atoms with Crippen LogP contribution < -0.4 is 20.5 Å². The quantitative estimate of drug-likeness (QED) is 0.557. The van der Waals surface area contributed by atoms with Crippen molar-refractivity contribution >= 4 is 23.8 Å². The predicted octanol–water partition coefficient (Wildman–Crippen LogP) is 3.38. The Morgan fingerprint density at radius 1 is 1.17 bits per heavy atom. The Hall–Kier alpha value is -3.81. The summed E-state index contributed by atoms with van der Waals surface area (Å²) >= 11 is 0. The average molecular weight is 407 g/mol. The number of carbonyl (C=O) groups is 1. The van der Waals surface area contributed by atoms with Gasteiger partial charge in [-0.2, -0.15) is 5.10 Å². The molecule has 156 valence electrons. The summed E-state index contributed by atoms with van der Waals surface area (Å²) < 4.78 is 12.8. The van der Waals surface area contributed by atoms with Gasteiger partial charge in [-0.15, -0.1) is 0 Å². The molecule has 3 N–H and O–H groups in total. The van der Waals surface area contributed by atoms with Crippen molar-refractivity contribution in [3.05, 3.63) is 65.5 Å². The third kappa shape index (κ3) is 5.60. The Bertz CT molecular complexity index is 1040. The van der Waals surface area contributed by atoms with Gasteiger partial charge in [0.05, 0.1) is 24.7 Å². The molecule has 0 aliphatic heterocycles. The van der Waals surface area contributed by atoms with E-state index in [0.29, 0.717) is 24.1 Å². The number of hydrogen-bond donors (Lipinski definition) is 2. The molecular formula is C22H25N5O3. The van der Waals surface area contributed by atoms with Gasteiger partial charge < -0.3 is 20.5 Å². The summed E-state index contributed by atoms with van der Waals surface area (Å²) in [5.74, 6) is 1.07. The van der Waals surface area contributed by atoms with Gasteiger partial charge in [0, 0.05) is 5.69 Å². The lowest BCUT2D eigenvalue weighted by molar-refractivity contribution is -0.118. The van der Waals surface area contributed by atoms with E-state index in [2.05, 4.69) is 15.4 Å². The molecule has 0 saturated heterocycles. The van der Waals surface area contributed by atoms with Crippen LogP contribution in [0.5, 0.6) is 11.5 Å². The largest absolute Gasteiger partial charge is 0.490 e. The third-order valence-electron chi connectivity index (χ3n) is 4.13. The van der Waals surface area contributed by atoms with Crippen molar-refractivity contribution in [2.75, 3.05) is 24.3 Å². The first-order valence-corrected chi connectivity index (χ1v) is 9.56. The Morgan fingerprint density at radius 2 is 1.93 bits per heavy atom. The van der Waals surface area contributed by atoms with Crippen LogP contribution in [0.4, 0.5) is 11.6 Å². The zero-order valence-corrected chi connectivity index (χ0v) is 17.3. The van der Waals surface area contributed by atoms with E-state index in [0.717, 1.165) is 22.5 Å². The Kier molecular flexibility index (Phi) is 6.69. The van der Waals surface area contributed by atoms with Crippen molar-refractivity contribution in [2.45, 2.75) is 20.8 Å². The van der Waals surface area contributed by atoms with Crippen LogP contribution in [0.3, 0.4) is 0 Å². The van der Waals surface area contributed by atoms with Gasteiger partial charge in [-0.25, -0.2) is 9.66 Å². The zero-order chi connectivity index (χ0) is 21.5. The molecule has 8 nitrogen and oxygen atoms in total. The van der Waals surface area contributed by atoms with Crippen LogP contribution in [-0.2, 0) is 4.79 Å². The van der Waals surface area contributed by atoms with E-state index in [9.17, 15) is 4.79 Å². The number of carbonyl (C=O) groups excluding carboxylic acids is 1. The molecule has 0 aliphatic carbocycles. The molecule has 0 saturated carbocycles. The maximum Gasteiger partial charge on any atom is 0.262 e. The topological polar surface area (TPSA) is 104 Å². The van der Waals surface area contributed by atoms with Gasteiger partial charge in [-0.1, -0.05) is 17.7 Å². The molecule has 0 unspecified atom stereocenters. The summed E-state index contributed by atoms with van der Waals surface area (Å²) in [6, 6.07) is 12.9. The van der Waals surface area contributed by atoms with Crippen molar-refractivity contribution in [2.24, 2.45) is 5.10 Å². The molecule has 1 heterocycles. The van der Waals surface area contributed by atoms with E-state index in [4.69, 9.17) is 15.2 Å². The molecule has 30 heavy (non-hydrogen) atoms. The number of ether oxygens (including phenoxy) is 2. The van der Waals surface area contributed by atoms with E-state index in [1.165, 1.54) is 4.68 Å². The standard InChI is InChI=1S/C22H25N5O3/c1-4-29-20-11-17(12-24-27-13-16(3)25-22(27)23)7-10-19(20)30-14-21(28)26-18-8-5-15(2)6-9-18/h5-13H,4,14H2,1-3H3,(H2,23,25)(H,26,28). The highest BCUT2D eigenvalue weighted by molar-refractivity contribution is 5.92. The lowest BCUT2D eigenvalue weighted by Crippen LogP contribution is -2.20. The van der Waals surface area contributed by atoms with Gasteiger partial charge in [0.15, 0.2) is 18.1 Å². The number of anilines is 2. The summed E-state index contributed by atoms with van der Waals surface area (Å²) in [6.07, 6.45) is 3.38. The number of hydrogen-bond acceptors (Lipinski definition) is 6. The number of rotatable bonds is 8. The number of aromatic nitrogens is 2. The molecule has 3 aromatic rings. The summed E-state index contributed by atoms with van der Waals surface area (Å²) in [5.41, 5.74) is 9.22. The third-order valence-corrected chi connectivity index (χ3v) is 4.13. The molecule has 0 atom stereocenters. The lowest BCUT2D eigenvalue weighted by Gasteiger charge is -2.12. The van der Waals surface area contributed by atoms with Crippen LogP contribution in [0, 0.1) is 13.8 Å². The highest BCUT2D eigenvalue weighted by Gasteiger charge is 2.09. The number of nitrogens with one attached hydrogen (secondary N) is 1. The van der Waals surface area contributed by atoms with Crippen LogP contribution >= 0.6 is 0 Å². The predicted molar refractivity (Wildman–Crippen MR) is 117 cm³/mol. The van der Waals surface area contributed by atoms with Crippen molar-refractivity contribution in [1.29, 1.82) is 0 Å². The van der Waals surface area contributed by atoms with Gasteiger partial charge in [0.1, 0.15) is 0 Å². The molecule has 2 aromatic carbocycles. The van der Waals surface area contributed by atoms with Gasteiger partial charge in [0.25, 0.3) is 5.91 Å².